The van der Waals surface area contributed by atoms with Crippen LogP contribution in [0.3, 0.4) is 0 Å². The Labute approximate surface area is 99.9 Å². The third-order valence-electron chi connectivity index (χ3n) is 2.42. The fourth-order valence-corrected chi connectivity index (χ4v) is 1.82. The van der Waals surface area contributed by atoms with Crippen LogP contribution in [-0.4, -0.2) is 52.8 Å². The summed E-state index contributed by atoms with van der Waals surface area (Å²) in [5, 5.41) is 19.3. The number of nitrogens with zero attached hydrogens (tertiary/aromatic N) is 1. The van der Waals surface area contributed by atoms with E-state index in [0.717, 1.165) is 0 Å². The molecule has 0 saturated carbocycles. The molecular weight excluding hydrogens is 230 g/mol. The highest BCUT2D eigenvalue weighted by atomic mass is 32.2. The Kier molecular flexibility index (Phi) is 5.54. The second kappa shape index (κ2) is 6.44. The summed E-state index contributed by atoms with van der Waals surface area (Å²) < 4.78 is 10.7. The van der Waals surface area contributed by atoms with Crippen LogP contribution in [0.4, 0.5) is 0 Å². The van der Waals surface area contributed by atoms with Gasteiger partial charge < -0.3 is 19.7 Å². The van der Waals surface area contributed by atoms with E-state index in [2.05, 4.69) is 4.99 Å². The fraction of sp³-hybridized carbons (Fsp3) is 0.900. The maximum Gasteiger partial charge on any atom is 0.230 e. The lowest BCUT2D eigenvalue weighted by atomic mass is 10.1. The number of aliphatic hydroxyl groups excluding tert-OH is 2. The van der Waals surface area contributed by atoms with Gasteiger partial charge in [-0.3, -0.25) is 0 Å². The third-order valence-corrected chi connectivity index (χ3v) is 2.81. The molecule has 1 saturated heterocycles. The molecule has 1 aliphatic rings. The van der Waals surface area contributed by atoms with Crippen molar-refractivity contribution < 1.29 is 19.7 Å². The first kappa shape index (κ1) is 13.8. The van der Waals surface area contributed by atoms with Crippen molar-refractivity contribution in [2.45, 2.75) is 44.9 Å². The summed E-state index contributed by atoms with van der Waals surface area (Å²) in [4.78, 5) is 4.10. The summed E-state index contributed by atoms with van der Waals surface area (Å²) in [5.74, 6) is 1.07. The highest BCUT2D eigenvalue weighted by Gasteiger charge is 2.43. The molecule has 2 N–H and O–H groups in total. The van der Waals surface area contributed by atoms with E-state index >= 15 is 0 Å². The van der Waals surface area contributed by atoms with Crippen molar-refractivity contribution in [2.75, 3.05) is 12.1 Å². The van der Waals surface area contributed by atoms with Crippen LogP contribution in [0.25, 0.3) is 0 Å². The molecular formula is C10H19NO4S. The van der Waals surface area contributed by atoms with Crippen molar-refractivity contribution in [1.82, 2.24) is 0 Å². The van der Waals surface area contributed by atoms with Crippen LogP contribution in [0.2, 0.25) is 0 Å². The van der Waals surface area contributed by atoms with E-state index in [0.29, 0.717) is 18.2 Å². The highest BCUT2D eigenvalue weighted by molar-refractivity contribution is 7.98. The second-order valence-corrected chi connectivity index (χ2v) is 4.48. The minimum atomic E-state index is -1.01. The Balaban J connectivity index is 2.49. The summed E-state index contributed by atoms with van der Waals surface area (Å²) in [5.41, 5.74) is 0. The molecule has 0 unspecified atom stereocenters. The van der Waals surface area contributed by atoms with Crippen molar-refractivity contribution >= 4 is 17.7 Å². The standard InChI is InChI=1S/C10H19NO4S/c1-4-7-8(12)9(13)10(15-7)14-6(2)11-5-16-3/h7-10,12-13H,4-5H2,1-3H3/t7-,8-,9-,10+/m1/s1. The molecule has 4 atom stereocenters. The average molecular weight is 249 g/mol. The smallest absolute Gasteiger partial charge is 0.230 e. The van der Waals surface area contributed by atoms with Gasteiger partial charge in [0.05, 0.1) is 12.0 Å². The van der Waals surface area contributed by atoms with Gasteiger partial charge in [-0.1, -0.05) is 6.92 Å². The molecule has 0 aromatic heterocycles. The molecule has 16 heavy (non-hydrogen) atoms. The summed E-state index contributed by atoms with van der Waals surface area (Å²) >= 11 is 1.57. The zero-order valence-corrected chi connectivity index (χ0v) is 10.6. The average Bonchev–Trinajstić information content (AvgIpc) is 2.54. The molecule has 1 rings (SSSR count). The van der Waals surface area contributed by atoms with Gasteiger partial charge in [0.25, 0.3) is 0 Å². The normalized spacial score (nSPS) is 35.4. The van der Waals surface area contributed by atoms with Gasteiger partial charge >= 0.3 is 0 Å². The molecule has 6 heteroatoms. The largest absolute Gasteiger partial charge is 0.449 e. The topological polar surface area (TPSA) is 71.3 Å². The summed E-state index contributed by atoms with van der Waals surface area (Å²) in [6.07, 6.45) is -0.500. The molecule has 0 amide bonds. The van der Waals surface area contributed by atoms with E-state index in [4.69, 9.17) is 9.47 Å². The predicted octanol–water partition coefficient (Wildman–Crippen LogP) is 0.599. The van der Waals surface area contributed by atoms with E-state index in [1.165, 1.54) is 0 Å². The predicted molar refractivity (Wildman–Crippen MR) is 63.5 cm³/mol. The minimum Gasteiger partial charge on any atom is -0.449 e. The van der Waals surface area contributed by atoms with Crippen LogP contribution in [0.5, 0.6) is 0 Å². The molecule has 1 aliphatic heterocycles. The van der Waals surface area contributed by atoms with Crippen molar-refractivity contribution in [3.8, 4) is 0 Å². The first-order valence-corrected chi connectivity index (χ1v) is 6.67. The first-order valence-electron chi connectivity index (χ1n) is 5.28. The quantitative estimate of drug-likeness (QED) is 0.564. The van der Waals surface area contributed by atoms with Crippen molar-refractivity contribution in [3.05, 3.63) is 0 Å². The molecule has 0 aromatic carbocycles. The lowest BCUT2D eigenvalue weighted by Gasteiger charge is -2.16. The molecule has 0 bridgehead atoms. The zero-order chi connectivity index (χ0) is 12.1. The molecule has 1 heterocycles. The minimum absolute atomic E-state index is 0.367. The van der Waals surface area contributed by atoms with Gasteiger partial charge in [0.15, 0.2) is 5.90 Å². The number of thioether (sulfide) groups is 1. The van der Waals surface area contributed by atoms with E-state index in [9.17, 15) is 10.2 Å². The third kappa shape index (κ3) is 3.35. The maximum absolute atomic E-state index is 9.67. The van der Waals surface area contributed by atoms with Crippen LogP contribution in [0, 0.1) is 0 Å². The van der Waals surface area contributed by atoms with Crippen LogP contribution in [0.15, 0.2) is 4.99 Å². The Bertz CT molecular complexity index is 249. The lowest BCUT2D eigenvalue weighted by Crippen LogP contribution is -2.34. The van der Waals surface area contributed by atoms with Crippen LogP contribution < -0.4 is 0 Å². The van der Waals surface area contributed by atoms with E-state index in [-0.39, 0.29) is 6.10 Å². The SMILES string of the molecule is CC[C@H]1O[C@H](OC(C)=NCSC)[C@H](O)[C@@H]1O. The Morgan fingerprint density at radius 3 is 2.62 bits per heavy atom. The Morgan fingerprint density at radius 2 is 2.12 bits per heavy atom. The number of hydrogen-bond acceptors (Lipinski definition) is 6. The van der Waals surface area contributed by atoms with E-state index in [1.807, 2.05) is 13.2 Å². The molecule has 94 valence electrons. The van der Waals surface area contributed by atoms with Crippen molar-refractivity contribution in [3.63, 3.8) is 0 Å². The van der Waals surface area contributed by atoms with E-state index < -0.39 is 18.5 Å². The molecule has 0 spiro atoms. The van der Waals surface area contributed by atoms with Crippen molar-refractivity contribution in [1.29, 1.82) is 0 Å². The van der Waals surface area contributed by atoms with Gasteiger partial charge in [0.2, 0.25) is 6.29 Å². The Hall–Kier alpha value is -0.300. The number of ether oxygens (including phenoxy) is 2. The zero-order valence-electron chi connectivity index (χ0n) is 9.79. The van der Waals surface area contributed by atoms with Gasteiger partial charge in [-0.15, -0.1) is 11.8 Å². The van der Waals surface area contributed by atoms with Crippen LogP contribution >= 0.6 is 11.8 Å². The summed E-state index contributed by atoms with van der Waals surface area (Å²) in [6.45, 7) is 3.59. The highest BCUT2D eigenvalue weighted by Crippen LogP contribution is 2.24. The van der Waals surface area contributed by atoms with Gasteiger partial charge in [0.1, 0.15) is 12.2 Å². The molecule has 0 radical (unpaired) electrons. The number of aliphatic imine (C=N–C) groups is 1. The fourth-order valence-electron chi connectivity index (χ4n) is 1.51. The van der Waals surface area contributed by atoms with Gasteiger partial charge in [0, 0.05) is 6.92 Å². The Morgan fingerprint density at radius 1 is 1.44 bits per heavy atom. The molecule has 0 aromatic rings. The number of aliphatic hydroxyl groups is 2. The van der Waals surface area contributed by atoms with Crippen molar-refractivity contribution in [2.24, 2.45) is 4.99 Å². The first-order chi connectivity index (χ1) is 7.60. The monoisotopic (exact) mass is 249 g/mol. The summed E-state index contributed by atoms with van der Waals surface area (Å²) in [6, 6.07) is 0. The lowest BCUT2D eigenvalue weighted by molar-refractivity contribution is -0.117. The van der Waals surface area contributed by atoms with Gasteiger partial charge in [-0.25, -0.2) is 4.99 Å². The molecule has 5 nitrogen and oxygen atoms in total. The van der Waals surface area contributed by atoms with Gasteiger partial charge in [-0.2, -0.15) is 0 Å². The van der Waals surface area contributed by atoms with E-state index in [1.54, 1.807) is 18.7 Å². The maximum atomic E-state index is 9.67. The van der Waals surface area contributed by atoms with Gasteiger partial charge in [-0.05, 0) is 12.7 Å². The number of hydrogen-bond donors (Lipinski definition) is 2. The number of rotatable bonds is 4. The molecule has 0 aliphatic carbocycles. The summed E-state index contributed by atoms with van der Waals surface area (Å²) in [7, 11) is 0. The second-order valence-electron chi connectivity index (χ2n) is 3.65. The molecule has 1 fully saturated rings. The van der Waals surface area contributed by atoms with Crippen LogP contribution in [-0.2, 0) is 9.47 Å². The van der Waals surface area contributed by atoms with Crippen LogP contribution in [0.1, 0.15) is 20.3 Å².